The molecule has 0 saturated carbocycles. The smallest absolute Gasteiger partial charge is 0.186 e. The van der Waals surface area contributed by atoms with Gasteiger partial charge in [0.2, 0.25) is 0 Å². The molecule has 12 nitrogen and oxygen atoms in total. The third-order valence-electron chi connectivity index (χ3n) is 18.6. The maximum atomic E-state index is 11.8. The quantitative estimate of drug-likeness (QED) is 0.0234. The average Bonchev–Trinajstić information content (AvgIpc) is 0.770. The first-order valence-electron chi connectivity index (χ1n) is 29.9. The Morgan fingerprint density at radius 3 is 0.739 bits per heavy atom. The van der Waals surface area contributed by atoms with E-state index in [2.05, 4.69) is 0 Å². The molecule has 0 fully saturated rings. The topological polar surface area (TPSA) is 221 Å². The van der Waals surface area contributed by atoms with Crippen LogP contribution in [0.3, 0.4) is 0 Å². The molecule has 0 aliphatic carbocycles. The van der Waals surface area contributed by atoms with Gasteiger partial charge >= 0.3 is 0 Å². The molecule has 0 aliphatic heterocycles. The number of phenolic OH excluding ortho intramolecular Hbond substituents is 10. The molecule has 458 valence electrons. The number of phenols is 10. The second-order valence-corrected chi connectivity index (χ2v) is 23.8. The van der Waals surface area contributed by atoms with Crippen molar-refractivity contribution in [3.05, 3.63) is 334 Å². The third-order valence-corrected chi connectivity index (χ3v) is 18.6. The molecule has 12 aromatic carbocycles. The molecule has 0 aliphatic rings. The summed E-state index contributed by atoms with van der Waals surface area (Å²) in [5.41, 5.74) is 6.21. The second kappa shape index (κ2) is 24.0. The minimum atomic E-state index is -1.27. The summed E-state index contributed by atoms with van der Waals surface area (Å²) in [6.07, 6.45) is 0. The Morgan fingerprint density at radius 2 is 0.435 bits per heavy atom. The van der Waals surface area contributed by atoms with Gasteiger partial charge in [0.15, 0.2) is 11.5 Å². The Hall–Kier alpha value is -11.8. The van der Waals surface area contributed by atoms with Gasteiger partial charge in [0.1, 0.15) is 57.5 Å². The van der Waals surface area contributed by atoms with Crippen LogP contribution in [0.25, 0.3) is 22.3 Å². The molecule has 0 spiro atoms. The molecular weight excluding hydrogens is 1150 g/mol. The largest absolute Gasteiger partial charge is 0.508 e. The molecule has 0 radical (unpaired) electrons. The van der Waals surface area contributed by atoms with Crippen molar-refractivity contribution < 1.29 is 60.8 Å². The molecule has 12 aromatic rings. The first kappa shape index (κ1) is 60.5. The lowest BCUT2D eigenvalue weighted by Gasteiger charge is -2.34. The van der Waals surface area contributed by atoms with E-state index in [4.69, 9.17) is 9.78 Å². The zero-order chi connectivity index (χ0) is 64.7. The van der Waals surface area contributed by atoms with Crippen molar-refractivity contribution in [2.75, 3.05) is 0 Å². The number of rotatable bonds is 17. The van der Waals surface area contributed by atoms with Crippen molar-refractivity contribution in [2.24, 2.45) is 0 Å². The van der Waals surface area contributed by atoms with Crippen molar-refractivity contribution in [1.29, 1.82) is 0 Å². The summed E-state index contributed by atoms with van der Waals surface area (Å²) in [5.74, 6) is -0.489. The SMILES string of the molecule is CC(c1ccc(-c2ccc(C(C)(c3ccccc3O)c3ccccc3OOc3cc(O)ccc3C(C)(c3ccc(-c4ccc(C(C)(c5ccc(O)cc5O)c5ccc(O)cc5O)cc4)cc3)c3ccc(O)cc3O)cc2)cc1)(c1ccccc1O)c1ccccc1O. The molecule has 0 heterocycles. The van der Waals surface area contributed by atoms with Crippen molar-refractivity contribution in [3.63, 3.8) is 0 Å². The molecule has 0 aromatic heterocycles. The van der Waals surface area contributed by atoms with Crippen molar-refractivity contribution >= 4 is 0 Å². The van der Waals surface area contributed by atoms with E-state index in [1.807, 2.05) is 173 Å². The van der Waals surface area contributed by atoms with Crippen LogP contribution in [-0.4, -0.2) is 51.1 Å². The molecule has 12 rings (SSSR count). The van der Waals surface area contributed by atoms with Gasteiger partial charge in [-0.05, 0) is 121 Å². The van der Waals surface area contributed by atoms with Crippen molar-refractivity contribution in [2.45, 2.75) is 49.4 Å². The Kier molecular flexibility index (Phi) is 15.8. The van der Waals surface area contributed by atoms with Crippen LogP contribution >= 0.6 is 0 Å². The fourth-order valence-electron chi connectivity index (χ4n) is 13.4. The molecule has 2 unspecified atom stereocenters. The van der Waals surface area contributed by atoms with Gasteiger partial charge in [0.05, 0.1) is 0 Å². The number of para-hydroxylation sites is 4. The Balaban J connectivity index is 0.878. The van der Waals surface area contributed by atoms with Crippen LogP contribution in [0.1, 0.15) is 94.5 Å². The van der Waals surface area contributed by atoms with Gasteiger partial charge in [-0.2, -0.15) is 0 Å². The fraction of sp³-hybridized carbons (Fsp3) is 0.100. The lowest BCUT2D eigenvalue weighted by atomic mass is 9.69. The first-order chi connectivity index (χ1) is 44.2. The summed E-state index contributed by atoms with van der Waals surface area (Å²) in [7, 11) is 0. The lowest BCUT2D eigenvalue weighted by molar-refractivity contribution is -0.102. The van der Waals surface area contributed by atoms with Crippen molar-refractivity contribution in [1.82, 2.24) is 0 Å². The van der Waals surface area contributed by atoms with Gasteiger partial charge in [-0.15, -0.1) is 0 Å². The van der Waals surface area contributed by atoms with Gasteiger partial charge in [-0.25, -0.2) is 0 Å². The minimum absolute atomic E-state index is 0.0478. The monoisotopic (exact) mass is 1220 g/mol. The summed E-state index contributed by atoms with van der Waals surface area (Å²) in [5, 5.41) is 110. The maximum absolute atomic E-state index is 11.8. The summed E-state index contributed by atoms with van der Waals surface area (Å²) >= 11 is 0. The van der Waals surface area contributed by atoms with E-state index in [1.165, 1.54) is 48.5 Å². The molecule has 10 N–H and O–H groups in total. The van der Waals surface area contributed by atoms with Gasteiger partial charge < -0.3 is 51.1 Å². The van der Waals surface area contributed by atoms with Gasteiger partial charge in [-0.1, -0.05) is 194 Å². The third kappa shape index (κ3) is 10.7. The van der Waals surface area contributed by atoms with Crippen LogP contribution in [0.2, 0.25) is 0 Å². The second-order valence-electron chi connectivity index (χ2n) is 23.8. The van der Waals surface area contributed by atoms with Gasteiger partial charge in [-0.3, -0.25) is 9.78 Å². The molecule has 0 saturated heterocycles. The van der Waals surface area contributed by atoms with E-state index in [1.54, 1.807) is 72.8 Å². The van der Waals surface area contributed by atoms with Crippen LogP contribution in [0.5, 0.6) is 69.0 Å². The Labute approximate surface area is 532 Å². The maximum Gasteiger partial charge on any atom is 0.186 e. The summed E-state index contributed by atoms with van der Waals surface area (Å²) in [6.45, 7) is 7.72. The van der Waals surface area contributed by atoms with Crippen LogP contribution in [0.4, 0.5) is 0 Å². The first-order valence-corrected chi connectivity index (χ1v) is 29.9. The molecule has 0 amide bonds. The molecule has 12 heteroatoms. The highest BCUT2D eigenvalue weighted by Gasteiger charge is 2.41. The highest BCUT2D eigenvalue weighted by atomic mass is 17.2. The molecule has 92 heavy (non-hydrogen) atoms. The molecule has 2 atom stereocenters. The highest BCUT2D eigenvalue weighted by Crippen LogP contribution is 2.52. The number of hydrogen-bond donors (Lipinski definition) is 10. The van der Waals surface area contributed by atoms with E-state index in [-0.39, 0.29) is 69.0 Å². The number of aromatic hydroxyl groups is 10. The number of benzene rings is 12. The molecule has 0 bridgehead atoms. The van der Waals surface area contributed by atoms with Crippen molar-refractivity contribution in [3.8, 4) is 91.2 Å². The summed E-state index contributed by atoms with van der Waals surface area (Å²) in [4.78, 5) is 12.9. The van der Waals surface area contributed by atoms with Crippen LogP contribution in [0.15, 0.2) is 267 Å². The predicted molar refractivity (Wildman–Crippen MR) is 355 cm³/mol. The molecular formula is C80H66O12. The number of hydrogen-bond acceptors (Lipinski definition) is 12. The van der Waals surface area contributed by atoms with E-state index >= 15 is 0 Å². The zero-order valence-corrected chi connectivity index (χ0v) is 50.7. The van der Waals surface area contributed by atoms with E-state index < -0.39 is 21.7 Å². The average molecular weight is 1220 g/mol. The minimum Gasteiger partial charge on any atom is -0.508 e. The van der Waals surface area contributed by atoms with E-state index in [9.17, 15) is 51.1 Å². The van der Waals surface area contributed by atoms with Crippen LogP contribution in [-0.2, 0) is 21.7 Å². The van der Waals surface area contributed by atoms with Crippen LogP contribution < -0.4 is 9.78 Å². The Bertz CT molecular complexity index is 4600. The lowest BCUT2D eigenvalue weighted by Crippen LogP contribution is -2.28. The summed E-state index contributed by atoms with van der Waals surface area (Å²) in [6, 6.07) is 77.8. The normalized spacial score (nSPS) is 13.0. The summed E-state index contributed by atoms with van der Waals surface area (Å²) < 4.78 is 0. The zero-order valence-electron chi connectivity index (χ0n) is 50.7. The predicted octanol–water partition coefficient (Wildman–Crippen LogP) is 16.9. The van der Waals surface area contributed by atoms with E-state index in [0.29, 0.717) is 55.6 Å². The van der Waals surface area contributed by atoms with Gasteiger partial charge in [0.25, 0.3) is 0 Å². The van der Waals surface area contributed by atoms with E-state index in [0.717, 1.165) is 33.4 Å². The van der Waals surface area contributed by atoms with Gasteiger partial charge in [0, 0.05) is 90.4 Å². The van der Waals surface area contributed by atoms with Crippen LogP contribution in [0, 0.1) is 0 Å². The highest BCUT2D eigenvalue weighted by molar-refractivity contribution is 5.71. The standard InChI is InChI=1S/C80H66O12/c1-77(61-13-5-9-17-69(61)85,62-14-6-10-18-70(62)86)53-29-21-49(22-30-53)51-25-33-55(34-26-51)79(3,63-15-7-11-19-71(63)87)67-16-8-12-20-75(67)91-92-76-48-60(84)40-44-68(76)80(4,66-43-39-59(83)47-74(66)90)56-35-27-52(28-36-56)50-23-31-54(32-24-50)78(2,64-41-37-57(81)45-72(64)88)65-42-38-58(82)46-73(65)89/h5-48,81-90H,1-4H3. The Morgan fingerprint density at radius 1 is 0.207 bits per heavy atom. The fourth-order valence-corrected chi connectivity index (χ4v) is 13.4.